The predicted octanol–water partition coefficient (Wildman–Crippen LogP) is 2.63. The molecule has 10 heteroatoms. The zero-order valence-corrected chi connectivity index (χ0v) is 14.1. The van der Waals surface area contributed by atoms with Crippen LogP contribution in [0, 0.1) is 5.53 Å². The maximum absolute atomic E-state index is 12.7. The molecular weight excluding hydrogens is 326 g/mol. The highest BCUT2D eigenvalue weighted by Gasteiger charge is 2.38. The minimum Gasteiger partial charge on any atom is -0.443 e. The third-order valence-electron chi connectivity index (χ3n) is 3.50. The van der Waals surface area contributed by atoms with E-state index in [-0.39, 0.29) is 23.1 Å². The molecule has 25 heavy (non-hydrogen) atoms. The Labute approximate surface area is 143 Å². The molecule has 2 aromatic rings. The van der Waals surface area contributed by atoms with Gasteiger partial charge in [-0.3, -0.25) is 9.69 Å². The van der Waals surface area contributed by atoms with Gasteiger partial charge >= 0.3 is 6.09 Å². The highest BCUT2D eigenvalue weighted by molar-refractivity contribution is 5.90. The summed E-state index contributed by atoms with van der Waals surface area (Å²) in [6, 6.07) is 1.47. The van der Waals surface area contributed by atoms with E-state index in [9.17, 15) is 9.59 Å². The Hall–Kier alpha value is -3.13. The molecule has 3 rings (SSSR count). The van der Waals surface area contributed by atoms with Crippen LogP contribution in [0.4, 0.5) is 16.4 Å². The maximum atomic E-state index is 12.7. The lowest BCUT2D eigenvalue weighted by Gasteiger charge is -2.27. The Bertz CT molecular complexity index is 888. The molecule has 2 aromatic heterocycles. The molecule has 10 nitrogen and oxygen atoms in total. The lowest BCUT2D eigenvalue weighted by Crippen LogP contribution is -2.39. The fraction of sp³-hybridized carbons (Fsp3) is 0.467. The van der Waals surface area contributed by atoms with E-state index in [0.717, 1.165) is 12.8 Å². The number of aromatic nitrogens is 3. The molecule has 0 bridgehead atoms. The number of rotatable bonds is 4. The lowest BCUT2D eigenvalue weighted by molar-refractivity contribution is 0.0576. The Kier molecular flexibility index (Phi) is 4.05. The van der Waals surface area contributed by atoms with E-state index in [1.54, 1.807) is 20.8 Å². The second-order valence-corrected chi connectivity index (χ2v) is 6.71. The molecule has 1 aliphatic rings. The molecule has 1 amide bonds. The molecule has 0 spiro atoms. The highest BCUT2D eigenvalue weighted by atomic mass is 16.6. The molecule has 130 valence electrons. The van der Waals surface area contributed by atoms with Crippen LogP contribution in [-0.4, -0.2) is 38.6 Å². The molecule has 0 atom stereocenters. The van der Waals surface area contributed by atoms with Crippen molar-refractivity contribution < 1.29 is 14.3 Å². The van der Waals surface area contributed by atoms with Gasteiger partial charge in [-0.1, -0.05) is 0 Å². The number of amides is 1. The molecule has 1 saturated carbocycles. The number of nitrogens with zero attached hydrogens (tertiary/aromatic N) is 6. The summed E-state index contributed by atoms with van der Waals surface area (Å²) in [6.07, 6.45) is 3.13. The Morgan fingerprint density at radius 3 is 2.80 bits per heavy atom. The summed E-state index contributed by atoms with van der Waals surface area (Å²) >= 11 is 0. The summed E-state index contributed by atoms with van der Waals surface area (Å²) in [5, 5.41) is 7.77. The van der Waals surface area contributed by atoms with Crippen LogP contribution >= 0.6 is 0 Å². The van der Waals surface area contributed by atoms with E-state index in [2.05, 4.69) is 20.1 Å². The van der Waals surface area contributed by atoms with Gasteiger partial charge in [-0.25, -0.2) is 9.78 Å². The van der Waals surface area contributed by atoms with Crippen LogP contribution in [0.2, 0.25) is 0 Å². The van der Waals surface area contributed by atoms with Crippen LogP contribution in [-0.2, 0) is 4.74 Å². The minimum absolute atomic E-state index is 0.0230. The van der Waals surface area contributed by atoms with Gasteiger partial charge in [0.05, 0.1) is 11.8 Å². The standard InChI is InChI=1S/C15H18N7O3/c1-15(2,3)25-14(24)21(10-4-5-10)12-6-11(19-20-16)18-13-9(8-23)7-17-22(12)13/h6-8,10,16H,4-5H2,1-3H3/q+1. The quantitative estimate of drug-likeness (QED) is 0.518. The van der Waals surface area contributed by atoms with Gasteiger partial charge in [0, 0.05) is 12.1 Å². The van der Waals surface area contributed by atoms with E-state index in [4.69, 9.17) is 10.3 Å². The number of hydrogen-bond acceptors (Lipinski definition) is 7. The first-order valence-electron chi connectivity index (χ1n) is 7.77. The second kappa shape index (κ2) is 6.06. The molecule has 2 heterocycles. The smallest absolute Gasteiger partial charge is 0.416 e. The van der Waals surface area contributed by atoms with Gasteiger partial charge in [0.1, 0.15) is 17.0 Å². The van der Waals surface area contributed by atoms with E-state index in [1.165, 1.54) is 21.7 Å². The Morgan fingerprint density at radius 1 is 1.52 bits per heavy atom. The van der Waals surface area contributed by atoms with Gasteiger partial charge < -0.3 is 4.74 Å². The number of fused-ring (bicyclic) bond motifs is 1. The number of ether oxygens (including phenoxy) is 1. The van der Waals surface area contributed by atoms with Crippen molar-refractivity contribution in [1.82, 2.24) is 19.5 Å². The van der Waals surface area contributed by atoms with Gasteiger partial charge in [0.2, 0.25) is 10.7 Å². The summed E-state index contributed by atoms with van der Waals surface area (Å²) in [6.45, 7) is 5.36. The van der Waals surface area contributed by atoms with Gasteiger partial charge in [-0.15, -0.1) is 0 Å². The number of hydrogen-bond donors (Lipinski definition) is 1. The van der Waals surface area contributed by atoms with E-state index < -0.39 is 11.7 Å². The van der Waals surface area contributed by atoms with E-state index in [1.807, 2.05) is 0 Å². The molecule has 0 aliphatic heterocycles. The average Bonchev–Trinajstić information content (AvgIpc) is 3.25. The van der Waals surface area contributed by atoms with Crippen LogP contribution in [0.15, 0.2) is 17.4 Å². The van der Waals surface area contributed by atoms with Gasteiger partial charge in [0.25, 0.3) is 0 Å². The van der Waals surface area contributed by atoms with Crippen molar-refractivity contribution in [1.29, 1.82) is 5.53 Å². The Balaban J connectivity index is 2.16. The first kappa shape index (κ1) is 16.7. The van der Waals surface area contributed by atoms with Crippen molar-refractivity contribution in [3.63, 3.8) is 0 Å². The first-order valence-corrected chi connectivity index (χ1v) is 7.77. The number of carbonyl (C=O) groups excluding carboxylic acids is 2. The molecule has 1 N–H and O–H groups in total. The van der Waals surface area contributed by atoms with E-state index in [0.29, 0.717) is 12.1 Å². The summed E-state index contributed by atoms with van der Waals surface area (Å²) in [4.78, 5) is 32.6. The first-order chi connectivity index (χ1) is 11.8. The maximum Gasteiger partial charge on any atom is 0.416 e. The van der Waals surface area contributed by atoms with E-state index >= 15 is 0 Å². The zero-order valence-electron chi connectivity index (χ0n) is 14.1. The van der Waals surface area contributed by atoms with Crippen LogP contribution in [0.25, 0.3) is 5.65 Å². The number of nitrogens with one attached hydrogen (secondary N) is 1. The molecule has 1 aliphatic carbocycles. The van der Waals surface area contributed by atoms with Crippen molar-refractivity contribution in [3.05, 3.63) is 17.8 Å². The van der Waals surface area contributed by atoms with Crippen LogP contribution in [0.5, 0.6) is 0 Å². The van der Waals surface area contributed by atoms with Crippen LogP contribution < -0.4 is 9.81 Å². The van der Waals surface area contributed by atoms with Crippen molar-refractivity contribution in [2.45, 2.75) is 45.3 Å². The van der Waals surface area contributed by atoms with Crippen molar-refractivity contribution in [3.8, 4) is 0 Å². The predicted molar refractivity (Wildman–Crippen MR) is 87.1 cm³/mol. The zero-order chi connectivity index (χ0) is 18.2. The normalized spacial score (nSPS) is 14.0. The molecule has 0 radical (unpaired) electrons. The fourth-order valence-corrected chi connectivity index (χ4v) is 2.38. The Morgan fingerprint density at radius 2 is 2.24 bits per heavy atom. The van der Waals surface area contributed by atoms with Gasteiger partial charge in [-0.05, 0) is 33.6 Å². The number of aldehydes is 1. The molecule has 1 fully saturated rings. The SMILES string of the molecule is CC(C)(C)OC(=O)N(c1cc(N=[N+]=N)nc2c(C=O)cnn12)C1CC1. The minimum atomic E-state index is -0.655. The average molecular weight is 344 g/mol. The second-order valence-electron chi connectivity index (χ2n) is 6.71. The largest absolute Gasteiger partial charge is 0.443 e. The molecular formula is C15H18N7O3+. The van der Waals surface area contributed by atoms with Gasteiger partial charge in [-0.2, -0.15) is 9.61 Å². The molecule has 0 unspecified atom stereocenters. The topological polar surface area (TPSA) is 127 Å². The monoisotopic (exact) mass is 344 g/mol. The third kappa shape index (κ3) is 3.38. The van der Waals surface area contributed by atoms with Crippen LogP contribution in [0.1, 0.15) is 44.0 Å². The number of anilines is 1. The third-order valence-corrected chi connectivity index (χ3v) is 3.50. The van der Waals surface area contributed by atoms with Gasteiger partial charge in [0.15, 0.2) is 17.0 Å². The molecule has 0 saturated heterocycles. The van der Waals surface area contributed by atoms with Crippen molar-refractivity contribution in [2.24, 2.45) is 5.11 Å². The summed E-state index contributed by atoms with van der Waals surface area (Å²) in [5.41, 5.74) is 6.75. The summed E-state index contributed by atoms with van der Waals surface area (Å²) in [5.74, 6) is 0.479. The van der Waals surface area contributed by atoms with Crippen molar-refractivity contribution in [2.75, 3.05) is 4.90 Å². The lowest BCUT2D eigenvalue weighted by atomic mass is 10.2. The van der Waals surface area contributed by atoms with Crippen molar-refractivity contribution >= 4 is 29.7 Å². The molecule has 0 aromatic carbocycles. The fourth-order valence-electron chi connectivity index (χ4n) is 2.38. The highest BCUT2D eigenvalue weighted by Crippen LogP contribution is 2.34. The number of carbonyl (C=O) groups is 2. The summed E-state index contributed by atoms with van der Waals surface area (Å²) in [7, 11) is 0. The summed E-state index contributed by atoms with van der Waals surface area (Å²) < 4.78 is 6.90. The van der Waals surface area contributed by atoms with Crippen LogP contribution in [0.3, 0.4) is 0 Å².